The number of aromatic amines is 1. The van der Waals surface area contributed by atoms with Crippen molar-refractivity contribution in [3.8, 4) is 0 Å². The molecule has 4 heterocycles. The van der Waals surface area contributed by atoms with E-state index >= 15 is 0 Å². The van der Waals surface area contributed by atoms with Gasteiger partial charge in [0.2, 0.25) is 0 Å². The van der Waals surface area contributed by atoms with Gasteiger partial charge in [0, 0.05) is 50.5 Å². The molecule has 8 heteroatoms. The lowest BCUT2D eigenvalue weighted by molar-refractivity contribution is 0.0758. The van der Waals surface area contributed by atoms with E-state index < -0.39 is 0 Å². The average Bonchev–Trinajstić information content (AvgIpc) is 2.94. The van der Waals surface area contributed by atoms with Crippen molar-refractivity contribution in [3.05, 3.63) is 64.2 Å². The summed E-state index contributed by atoms with van der Waals surface area (Å²) in [7, 11) is 0. The molecule has 0 radical (unpaired) electrons. The molecular formula is C19H22N6O2. The van der Waals surface area contributed by atoms with Crippen molar-refractivity contribution in [1.29, 1.82) is 0 Å². The van der Waals surface area contributed by atoms with Crippen LogP contribution in [0.5, 0.6) is 0 Å². The number of pyridine rings is 1. The molecule has 8 nitrogen and oxygen atoms in total. The Kier molecular flexibility index (Phi) is 4.72. The van der Waals surface area contributed by atoms with Crippen molar-refractivity contribution in [2.24, 2.45) is 0 Å². The fraction of sp³-hybridized carbons (Fsp3) is 0.368. The number of aromatic nitrogens is 4. The van der Waals surface area contributed by atoms with E-state index in [9.17, 15) is 9.59 Å². The third kappa shape index (κ3) is 3.61. The van der Waals surface area contributed by atoms with Crippen molar-refractivity contribution in [2.75, 3.05) is 26.2 Å². The van der Waals surface area contributed by atoms with Crippen LogP contribution in [-0.2, 0) is 6.54 Å². The second-order valence-corrected chi connectivity index (χ2v) is 6.84. The van der Waals surface area contributed by atoms with E-state index in [1.807, 2.05) is 19.2 Å². The minimum atomic E-state index is -0.322. The first-order valence-electron chi connectivity index (χ1n) is 9.10. The summed E-state index contributed by atoms with van der Waals surface area (Å²) in [5.74, 6) is 0.686. The van der Waals surface area contributed by atoms with E-state index in [2.05, 4.69) is 19.9 Å². The molecule has 1 N–H and O–H groups in total. The topological polar surface area (TPSA) is 86.6 Å². The Morgan fingerprint density at radius 3 is 2.85 bits per heavy atom. The second kappa shape index (κ2) is 7.32. The van der Waals surface area contributed by atoms with E-state index in [1.165, 1.54) is 10.6 Å². The number of hydrogen-bond donors (Lipinski definition) is 1. The first kappa shape index (κ1) is 17.4. The Morgan fingerprint density at radius 1 is 1.15 bits per heavy atom. The van der Waals surface area contributed by atoms with Crippen LogP contribution in [0.15, 0.2) is 41.6 Å². The van der Waals surface area contributed by atoms with Gasteiger partial charge in [-0.2, -0.15) is 0 Å². The number of carbonyl (C=O) groups is 1. The fourth-order valence-corrected chi connectivity index (χ4v) is 3.43. The van der Waals surface area contributed by atoms with Crippen molar-refractivity contribution < 1.29 is 4.79 Å². The summed E-state index contributed by atoms with van der Waals surface area (Å²) in [6.45, 7) is 5.55. The van der Waals surface area contributed by atoms with Crippen molar-refractivity contribution in [1.82, 2.24) is 29.2 Å². The third-order valence-corrected chi connectivity index (χ3v) is 4.85. The van der Waals surface area contributed by atoms with Crippen LogP contribution in [0.4, 0.5) is 0 Å². The quantitative estimate of drug-likeness (QED) is 0.749. The maximum atomic E-state index is 12.9. The van der Waals surface area contributed by atoms with Gasteiger partial charge in [-0.25, -0.2) is 9.97 Å². The molecule has 4 rings (SSSR count). The van der Waals surface area contributed by atoms with Crippen molar-refractivity contribution in [3.63, 3.8) is 0 Å². The summed E-state index contributed by atoms with van der Waals surface area (Å²) < 4.78 is 1.41. The Labute approximate surface area is 156 Å². The molecule has 0 saturated carbocycles. The van der Waals surface area contributed by atoms with E-state index in [-0.39, 0.29) is 17.0 Å². The highest BCUT2D eigenvalue weighted by atomic mass is 16.2. The minimum Gasteiger partial charge on any atom is -0.345 e. The Morgan fingerprint density at radius 2 is 2.04 bits per heavy atom. The first-order chi connectivity index (χ1) is 13.1. The molecule has 0 unspecified atom stereocenters. The molecule has 0 spiro atoms. The summed E-state index contributed by atoms with van der Waals surface area (Å²) in [6.07, 6.45) is 5.71. The maximum absolute atomic E-state index is 12.9. The number of aryl methyl sites for hydroxylation is 1. The maximum Gasteiger partial charge on any atom is 0.270 e. The number of fused-ring (bicyclic) bond motifs is 1. The van der Waals surface area contributed by atoms with E-state index in [0.29, 0.717) is 18.7 Å². The molecule has 1 aliphatic rings. The molecule has 1 aliphatic heterocycles. The molecule has 1 saturated heterocycles. The molecule has 0 bridgehead atoms. The van der Waals surface area contributed by atoms with Crippen molar-refractivity contribution in [2.45, 2.75) is 19.9 Å². The van der Waals surface area contributed by atoms with Crippen LogP contribution in [0, 0.1) is 6.92 Å². The summed E-state index contributed by atoms with van der Waals surface area (Å²) in [5, 5.41) is 0. The molecule has 140 valence electrons. The number of carbonyl (C=O) groups excluding carboxylic acids is 1. The lowest BCUT2D eigenvalue weighted by Crippen LogP contribution is -2.38. The van der Waals surface area contributed by atoms with Gasteiger partial charge in [0.1, 0.15) is 17.0 Å². The number of nitrogens with zero attached hydrogens (tertiary/aromatic N) is 5. The lowest BCUT2D eigenvalue weighted by Gasteiger charge is -2.21. The number of hydrogen-bond acceptors (Lipinski definition) is 5. The summed E-state index contributed by atoms with van der Waals surface area (Å²) >= 11 is 0. The molecule has 27 heavy (non-hydrogen) atoms. The molecule has 0 aromatic carbocycles. The zero-order chi connectivity index (χ0) is 18.8. The highest BCUT2D eigenvalue weighted by Crippen LogP contribution is 2.10. The summed E-state index contributed by atoms with van der Waals surface area (Å²) in [4.78, 5) is 41.4. The number of rotatable bonds is 3. The molecule has 3 aromatic heterocycles. The van der Waals surface area contributed by atoms with Crippen LogP contribution in [0.3, 0.4) is 0 Å². The van der Waals surface area contributed by atoms with Gasteiger partial charge in [0.25, 0.3) is 11.5 Å². The van der Waals surface area contributed by atoms with Gasteiger partial charge in [-0.1, -0.05) is 6.07 Å². The summed E-state index contributed by atoms with van der Waals surface area (Å²) in [5.41, 5.74) is 1.38. The van der Waals surface area contributed by atoms with Gasteiger partial charge in [0.05, 0.1) is 6.54 Å². The van der Waals surface area contributed by atoms with Crippen LogP contribution >= 0.6 is 0 Å². The highest BCUT2D eigenvalue weighted by Gasteiger charge is 2.23. The minimum absolute atomic E-state index is 0.119. The SMILES string of the molecule is Cc1cnc(CN2CCCN(C(=O)c3cnc4ccccn4c3=O)CC2)[nH]1. The predicted octanol–water partition coefficient (Wildman–Crippen LogP) is 1.07. The number of H-pyrrole nitrogens is 1. The van der Waals surface area contributed by atoms with Gasteiger partial charge in [0.15, 0.2) is 0 Å². The smallest absolute Gasteiger partial charge is 0.270 e. The molecular weight excluding hydrogens is 344 g/mol. The van der Waals surface area contributed by atoms with Crippen LogP contribution in [-0.4, -0.2) is 61.2 Å². The highest BCUT2D eigenvalue weighted by molar-refractivity contribution is 5.93. The standard InChI is InChI=1S/C19H22N6O2/c1-14-11-20-16(22-14)13-23-6-4-7-24(10-9-23)18(26)15-12-21-17-5-2-3-8-25(17)19(15)27/h2-3,5,8,11-12H,4,6-7,9-10,13H2,1H3,(H,20,22). The predicted molar refractivity (Wildman–Crippen MR) is 101 cm³/mol. The van der Waals surface area contributed by atoms with E-state index in [4.69, 9.17) is 0 Å². The zero-order valence-corrected chi connectivity index (χ0v) is 15.3. The number of imidazole rings is 1. The van der Waals surface area contributed by atoms with Gasteiger partial charge < -0.3 is 9.88 Å². The van der Waals surface area contributed by atoms with Crippen LogP contribution < -0.4 is 5.56 Å². The van der Waals surface area contributed by atoms with Gasteiger partial charge in [-0.15, -0.1) is 0 Å². The molecule has 0 atom stereocenters. The second-order valence-electron chi connectivity index (χ2n) is 6.84. The van der Waals surface area contributed by atoms with Crippen LogP contribution in [0.1, 0.15) is 28.3 Å². The molecule has 3 aromatic rings. The monoisotopic (exact) mass is 366 g/mol. The Balaban J connectivity index is 1.48. The van der Waals surface area contributed by atoms with Gasteiger partial charge in [-0.05, 0) is 25.5 Å². The average molecular weight is 366 g/mol. The van der Waals surface area contributed by atoms with Crippen LogP contribution in [0.2, 0.25) is 0 Å². The lowest BCUT2D eigenvalue weighted by atomic mass is 10.2. The van der Waals surface area contributed by atoms with E-state index in [0.717, 1.165) is 37.6 Å². The number of nitrogens with one attached hydrogen (secondary N) is 1. The van der Waals surface area contributed by atoms with Gasteiger partial charge in [-0.3, -0.25) is 18.9 Å². The summed E-state index contributed by atoms with van der Waals surface area (Å²) in [6, 6.07) is 5.31. The normalized spacial score (nSPS) is 15.8. The molecule has 1 amide bonds. The van der Waals surface area contributed by atoms with Crippen LogP contribution in [0.25, 0.3) is 5.65 Å². The van der Waals surface area contributed by atoms with Crippen molar-refractivity contribution >= 4 is 11.6 Å². The first-order valence-corrected chi connectivity index (χ1v) is 9.10. The molecule has 1 fully saturated rings. The molecule has 0 aliphatic carbocycles. The Bertz CT molecular complexity index is 1020. The largest absolute Gasteiger partial charge is 0.345 e. The van der Waals surface area contributed by atoms with Gasteiger partial charge >= 0.3 is 0 Å². The number of amides is 1. The zero-order valence-electron chi connectivity index (χ0n) is 15.3. The Hall–Kier alpha value is -3.00. The van der Waals surface area contributed by atoms with E-state index in [1.54, 1.807) is 23.2 Å². The third-order valence-electron chi connectivity index (χ3n) is 4.85. The fourth-order valence-electron chi connectivity index (χ4n) is 3.43.